The standard InChI is InChI=1S/C14H28N2O2/c1-4-7-13(14(17)18-5-2)16-11(3)8-6-9-12(16)10-15/h11-13H,4-10,15H2,1-3H3. The van der Waals surface area contributed by atoms with Gasteiger partial charge in [0.05, 0.1) is 6.61 Å². The zero-order valence-electron chi connectivity index (χ0n) is 12.0. The van der Waals surface area contributed by atoms with Crippen LogP contribution < -0.4 is 5.73 Å². The molecule has 2 N–H and O–H groups in total. The number of esters is 1. The van der Waals surface area contributed by atoms with E-state index in [1.807, 2.05) is 6.92 Å². The van der Waals surface area contributed by atoms with Gasteiger partial charge in [-0.25, -0.2) is 0 Å². The third-order valence-corrected chi connectivity index (χ3v) is 3.84. The lowest BCUT2D eigenvalue weighted by Crippen LogP contribution is -2.56. The van der Waals surface area contributed by atoms with Crippen molar-refractivity contribution in [1.82, 2.24) is 4.90 Å². The summed E-state index contributed by atoms with van der Waals surface area (Å²) in [5.74, 6) is -0.0773. The van der Waals surface area contributed by atoms with Crippen LogP contribution in [0.4, 0.5) is 0 Å². The van der Waals surface area contributed by atoms with Gasteiger partial charge >= 0.3 is 5.97 Å². The van der Waals surface area contributed by atoms with Gasteiger partial charge in [-0.15, -0.1) is 0 Å². The van der Waals surface area contributed by atoms with Gasteiger partial charge in [-0.3, -0.25) is 9.69 Å². The fourth-order valence-corrected chi connectivity index (χ4v) is 3.01. The molecule has 0 spiro atoms. The predicted molar refractivity (Wildman–Crippen MR) is 73.3 cm³/mol. The normalized spacial score (nSPS) is 26.9. The number of rotatable bonds is 6. The van der Waals surface area contributed by atoms with Gasteiger partial charge in [-0.1, -0.05) is 19.8 Å². The van der Waals surface area contributed by atoms with Gasteiger partial charge in [-0.2, -0.15) is 0 Å². The summed E-state index contributed by atoms with van der Waals surface area (Å²) in [6.45, 7) is 7.25. The van der Waals surface area contributed by atoms with E-state index >= 15 is 0 Å². The summed E-state index contributed by atoms with van der Waals surface area (Å²) in [4.78, 5) is 14.4. The summed E-state index contributed by atoms with van der Waals surface area (Å²) in [6, 6.07) is 0.641. The van der Waals surface area contributed by atoms with Crippen molar-refractivity contribution in [3.63, 3.8) is 0 Å². The van der Waals surface area contributed by atoms with Gasteiger partial charge in [0.1, 0.15) is 6.04 Å². The summed E-state index contributed by atoms with van der Waals surface area (Å²) in [5.41, 5.74) is 5.87. The van der Waals surface area contributed by atoms with E-state index in [0.717, 1.165) is 25.7 Å². The van der Waals surface area contributed by atoms with Crippen LogP contribution in [0.2, 0.25) is 0 Å². The van der Waals surface area contributed by atoms with Gasteiger partial charge < -0.3 is 10.5 Å². The molecule has 1 fully saturated rings. The van der Waals surface area contributed by atoms with Crippen LogP contribution in [0.1, 0.15) is 52.9 Å². The summed E-state index contributed by atoms with van der Waals surface area (Å²) in [5, 5.41) is 0. The van der Waals surface area contributed by atoms with Gasteiger partial charge in [0.2, 0.25) is 0 Å². The number of likely N-dealkylation sites (tertiary alicyclic amines) is 1. The number of nitrogens with zero attached hydrogens (tertiary/aromatic N) is 1. The van der Waals surface area contributed by atoms with Gasteiger partial charge in [-0.05, 0) is 33.1 Å². The molecule has 0 amide bonds. The van der Waals surface area contributed by atoms with Crippen LogP contribution in [0, 0.1) is 0 Å². The van der Waals surface area contributed by atoms with Crippen molar-refractivity contribution in [2.45, 2.75) is 71.0 Å². The molecular formula is C14H28N2O2. The third-order valence-electron chi connectivity index (χ3n) is 3.84. The lowest BCUT2D eigenvalue weighted by atomic mass is 9.93. The fourth-order valence-electron chi connectivity index (χ4n) is 3.01. The van der Waals surface area contributed by atoms with Crippen LogP contribution in [-0.2, 0) is 9.53 Å². The van der Waals surface area contributed by atoms with E-state index in [0.29, 0.717) is 25.2 Å². The van der Waals surface area contributed by atoms with Gasteiger partial charge in [0.25, 0.3) is 0 Å². The molecule has 4 nitrogen and oxygen atoms in total. The Morgan fingerprint density at radius 2 is 2.17 bits per heavy atom. The number of nitrogens with two attached hydrogens (primary N) is 1. The molecule has 0 bridgehead atoms. The molecule has 1 saturated heterocycles. The van der Waals surface area contributed by atoms with Crippen molar-refractivity contribution in [2.24, 2.45) is 5.73 Å². The highest BCUT2D eigenvalue weighted by molar-refractivity contribution is 5.75. The monoisotopic (exact) mass is 256 g/mol. The summed E-state index contributed by atoms with van der Waals surface area (Å²) in [7, 11) is 0. The maximum absolute atomic E-state index is 12.1. The Hall–Kier alpha value is -0.610. The minimum Gasteiger partial charge on any atom is -0.465 e. The minimum atomic E-state index is -0.112. The van der Waals surface area contributed by atoms with Crippen molar-refractivity contribution >= 4 is 5.97 Å². The van der Waals surface area contributed by atoms with E-state index in [-0.39, 0.29) is 12.0 Å². The average Bonchev–Trinajstić information content (AvgIpc) is 2.36. The SMILES string of the molecule is CCCC(C(=O)OCC)N1C(C)CCCC1CN. The maximum Gasteiger partial charge on any atom is 0.323 e. The molecule has 1 aliphatic rings. The molecule has 0 aliphatic carbocycles. The first kappa shape index (κ1) is 15.4. The molecule has 0 aromatic rings. The number of ether oxygens (including phenoxy) is 1. The van der Waals surface area contributed by atoms with Crippen molar-refractivity contribution in [3.05, 3.63) is 0 Å². The Labute approximate surface area is 111 Å². The molecule has 3 unspecified atom stereocenters. The minimum absolute atomic E-state index is 0.0773. The van der Waals surface area contributed by atoms with E-state index in [4.69, 9.17) is 10.5 Å². The van der Waals surface area contributed by atoms with Crippen LogP contribution in [0.5, 0.6) is 0 Å². The third kappa shape index (κ3) is 3.69. The zero-order valence-corrected chi connectivity index (χ0v) is 12.0. The Kier molecular flexibility index (Phi) is 6.65. The first-order valence-electron chi connectivity index (χ1n) is 7.29. The molecule has 4 heteroatoms. The van der Waals surface area contributed by atoms with Crippen LogP contribution in [-0.4, -0.2) is 42.1 Å². The van der Waals surface area contributed by atoms with Crippen LogP contribution in [0.15, 0.2) is 0 Å². The van der Waals surface area contributed by atoms with E-state index in [1.165, 1.54) is 6.42 Å². The van der Waals surface area contributed by atoms with Crippen molar-refractivity contribution < 1.29 is 9.53 Å². The molecule has 106 valence electrons. The Morgan fingerprint density at radius 1 is 1.44 bits per heavy atom. The van der Waals surface area contributed by atoms with Gasteiger partial charge in [0, 0.05) is 18.6 Å². The average molecular weight is 256 g/mol. The molecule has 1 heterocycles. The zero-order chi connectivity index (χ0) is 13.5. The van der Waals surface area contributed by atoms with Crippen LogP contribution in [0.25, 0.3) is 0 Å². The highest BCUT2D eigenvalue weighted by Gasteiger charge is 2.36. The summed E-state index contributed by atoms with van der Waals surface area (Å²) < 4.78 is 5.23. The first-order valence-corrected chi connectivity index (χ1v) is 7.29. The van der Waals surface area contributed by atoms with Crippen molar-refractivity contribution in [3.8, 4) is 0 Å². The maximum atomic E-state index is 12.1. The number of hydrogen-bond acceptors (Lipinski definition) is 4. The predicted octanol–water partition coefficient (Wildman–Crippen LogP) is 1.92. The lowest BCUT2D eigenvalue weighted by Gasteiger charge is -2.44. The molecule has 3 atom stereocenters. The smallest absolute Gasteiger partial charge is 0.323 e. The van der Waals surface area contributed by atoms with Crippen LogP contribution >= 0.6 is 0 Å². The second-order valence-corrected chi connectivity index (χ2v) is 5.17. The summed E-state index contributed by atoms with van der Waals surface area (Å²) >= 11 is 0. The first-order chi connectivity index (χ1) is 8.65. The molecule has 18 heavy (non-hydrogen) atoms. The van der Waals surface area contributed by atoms with E-state index < -0.39 is 0 Å². The number of carbonyl (C=O) groups excluding carboxylic acids is 1. The van der Waals surface area contributed by atoms with E-state index in [2.05, 4.69) is 18.7 Å². The second kappa shape index (κ2) is 7.74. The number of carbonyl (C=O) groups is 1. The Morgan fingerprint density at radius 3 is 2.72 bits per heavy atom. The van der Waals surface area contributed by atoms with Crippen molar-refractivity contribution in [1.29, 1.82) is 0 Å². The molecule has 1 rings (SSSR count). The number of piperidine rings is 1. The second-order valence-electron chi connectivity index (χ2n) is 5.17. The molecule has 0 saturated carbocycles. The van der Waals surface area contributed by atoms with Crippen LogP contribution in [0.3, 0.4) is 0 Å². The molecule has 0 aromatic heterocycles. The Bertz CT molecular complexity index is 258. The molecule has 1 aliphatic heterocycles. The summed E-state index contributed by atoms with van der Waals surface area (Å²) in [6.07, 6.45) is 5.31. The molecule has 0 aromatic carbocycles. The van der Waals surface area contributed by atoms with E-state index in [1.54, 1.807) is 0 Å². The van der Waals surface area contributed by atoms with E-state index in [9.17, 15) is 4.79 Å². The highest BCUT2D eigenvalue weighted by Crippen LogP contribution is 2.27. The highest BCUT2D eigenvalue weighted by atomic mass is 16.5. The quantitative estimate of drug-likeness (QED) is 0.738. The number of hydrogen-bond donors (Lipinski definition) is 1. The van der Waals surface area contributed by atoms with Crippen molar-refractivity contribution in [2.75, 3.05) is 13.2 Å². The molecule has 0 radical (unpaired) electrons. The topological polar surface area (TPSA) is 55.6 Å². The Balaban J connectivity index is 2.82. The lowest BCUT2D eigenvalue weighted by molar-refractivity contribution is -0.153. The largest absolute Gasteiger partial charge is 0.465 e. The van der Waals surface area contributed by atoms with Gasteiger partial charge in [0.15, 0.2) is 0 Å². The molecular weight excluding hydrogens is 228 g/mol. The fraction of sp³-hybridized carbons (Fsp3) is 0.929.